The molecule has 0 bridgehead atoms. The zero-order valence-corrected chi connectivity index (χ0v) is 47.8. The molecule has 7 N–H and O–H groups in total. The van der Waals surface area contributed by atoms with E-state index in [1.165, 1.54) is 12.2 Å². The third-order valence-electron chi connectivity index (χ3n) is 13.9. The van der Waals surface area contributed by atoms with Crippen LogP contribution in [0.15, 0.2) is 146 Å². The average Bonchev–Trinajstić information content (AvgIpc) is 4.06. The predicted molar refractivity (Wildman–Crippen MR) is 329 cm³/mol. The van der Waals surface area contributed by atoms with Crippen LogP contribution < -0.4 is 26.6 Å². The molecular formula is C61H67Cl2N15O4. The molecule has 19 nitrogen and oxygen atoms in total. The molecule has 5 amide bonds. The Hall–Kier alpha value is -8.62. The fraction of sp³-hybridized carbons (Fsp3) is 0.279. The lowest BCUT2D eigenvalue weighted by Gasteiger charge is -2.33. The third-order valence-corrected chi connectivity index (χ3v) is 14.4. The van der Waals surface area contributed by atoms with E-state index >= 15 is 0 Å². The molecule has 10 rings (SSSR count). The Morgan fingerprint density at radius 3 is 1.70 bits per heavy atom. The van der Waals surface area contributed by atoms with E-state index in [2.05, 4.69) is 46.5 Å². The quantitative estimate of drug-likeness (QED) is 0.0423. The van der Waals surface area contributed by atoms with E-state index < -0.39 is 0 Å². The Morgan fingerprint density at radius 1 is 0.622 bits per heavy atom. The molecule has 0 radical (unpaired) electrons. The van der Waals surface area contributed by atoms with Gasteiger partial charge in [0.05, 0.1) is 33.8 Å². The summed E-state index contributed by atoms with van der Waals surface area (Å²) in [5.74, 6) is 0.826. The highest BCUT2D eigenvalue weighted by Gasteiger charge is 2.27. The van der Waals surface area contributed by atoms with Crippen molar-refractivity contribution < 1.29 is 19.2 Å². The average molecular weight is 1150 g/mol. The number of piperidine rings is 2. The fourth-order valence-electron chi connectivity index (χ4n) is 9.74. The number of H-pyrrole nitrogens is 2. The zero-order chi connectivity index (χ0) is 57.5. The van der Waals surface area contributed by atoms with E-state index in [1.807, 2.05) is 104 Å². The minimum atomic E-state index is -0.200. The lowest BCUT2D eigenvalue weighted by Crippen LogP contribution is -2.47. The molecular weight excluding hydrogens is 1080 g/mol. The number of fused-ring (bicyclic) bond motifs is 2. The van der Waals surface area contributed by atoms with Crippen LogP contribution in [-0.4, -0.2) is 153 Å². The minimum Gasteiger partial charge on any atom is -0.360 e. The number of likely N-dealkylation sites (tertiary alicyclic amines) is 2. The Balaban J connectivity index is 0.000000198. The standard InChI is InChI=1S/C31H34ClN7O2.C30H33ClN8O2/c1-38(2)15-6-10-28(40)36-23-13-11-22(12-14-23)30(41)39-16-5-7-21(20-39)17-34-31-35-19-26(32)29(37-31)25-18-33-27-9-4-3-8-24(25)27;1-38(2)15-6-10-27(40)34-20-11-13-21(14-12-20)36-30(41)39-16-5-7-22(19-39)35-29-33-18-25(31)28(37-29)24-17-32-26-9-4-3-8-23(24)26/h3-4,6,8-14,18-19,21,33H,5,7,15-17,20H2,1-2H3,(H,36,40)(H,34,35,37);3-4,6,8-14,17-18,22,32H,5,7,15-16,19H2,1-2H3,(H,34,40)(H,36,41)(H,33,35,37)/b2*10-6+. The Morgan fingerprint density at radius 2 is 1.12 bits per heavy atom. The molecule has 4 aromatic heterocycles. The maximum Gasteiger partial charge on any atom is 0.321 e. The summed E-state index contributed by atoms with van der Waals surface area (Å²) in [5.41, 5.74) is 7.74. The van der Waals surface area contributed by atoms with Gasteiger partial charge in [-0.2, -0.15) is 0 Å². The lowest BCUT2D eigenvalue weighted by atomic mass is 9.97. The number of amides is 5. The Labute approximate surface area is 486 Å². The van der Waals surface area contributed by atoms with Crippen LogP contribution in [0.1, 0.15) is 36.0 Å². The van der Waals surface area contributed by atoms with Crippen molar-refractivity contribution in [2.45, 2.75) is 31.7 Å². The number of rotatable bonds is 17. The van der Waals surface area contributed by atoms with Crippen LogP contribution in [0.4, 0.5) is 33.8 Å². The van der Waals surface area contributed by atoms with Crippen molar-refractivity contribution in [1.82, 2.24) is 49.5 Å². The van der Waals surface area contributed by atoms with Crippen molar-refractivity contribution in [3.8, 4) is 22.5 Å². The molecule has 0 aliphatic carbocycles. The van der Waals surface area contributed by atoms with E-state index in [4.69, 9.17) is 33.2 Å². The summed E-state index contributed by atoms with van der Waals surface area (Å²) in [6.45, 7) is 4.53. The van der Waals surface area contributed by atoms with Crippen LogP contribution in [0.3, 0.4) is 0 Å². The number of aromatic nitrogens is 6. The van der Waals surface area contributed by atoms with Crippen LogP contribution in [0.25, 0.3) is 44.3 Å². The summed E-state index contributed by atoms with van der Waals surface area (Å²) in [6, 6.07) is 29.9. The number of hydrogen-bond acceptors (Lipinski definition) is 12. The summed E-state index contributed by atoms with van der Waals surface area (Å²) in [5, 5.41) is 18.4. The van der Waals surface area contributed by atoms with Gasteiger partial charge in [0, 0.05) is 132 Å². The highest BCUT2D eigenvalue weighted by atomic mass is 35.5. The number of likely N-dealkylation sites (N-methyl/N-ethyl adjacent to an activating group) is 2. The van der Waals surface area contributed by atoms with Crippen LogP contribution in [0.5, 0.6) is 0 Å². The van der Waals surface area contributed by atoms with Crippen LogP contribution in [-0.2, 0) is 9.59 Å². The smallest absolute Gasteiger partial charge is 0.321 e. The van der Waals surface area contributed by atoms with Crippen LogP contribution >= 0.6 is 23.2 Å². The second-order valence-electron chi connectivity index (χ2n) is 20.7. The maximum absolute atomic E-state index is 13.2. The number of nitrogens with zero attached hydrogens (tertiary/aromatic N) is 8. The number of aromatic amines is 2. The van der Waals surface area contributed by atoms with Crippen LogP contribution in [0, 0.1) is 5.92 Å². The minimum absolute atomic E-state index is 0.00960. The van der Waals surface area contributed by atoms with Crippen molar-refractivity contribution in [1.29, 1.82) is 0 Å². The van der Waals surface area contributed by atoms with Gasteiger partial charge >= 0.3 is 6.03 Å². The normalized spacial score (nSPS) is 15.5. The summed E-state index contributed by atoms with van der Waals surface area (Å²) >= 11 is 13.0. The number of anilines is 5. The first-order valence-electron chi connectivity index (χ1n) is 27.2. The van der Waals surface area contributed by atoms with E-state index in [-0.39, 0.29) is 35.7 Å². The number of benzene rings is 4. The lowest BCUT2D eigenvalue weighted by molar-refractivity contribution is -0.112. The van der Waals surface area contributed by atoms with E-state index in [0.717, 1.165) is 58.6 Å². The maximum atomic E-state index is 13.2. The van der Waals surface area contributed by atoms with Crippen molar-refractivity contribution in [3.05, 3.63) is 162 Å². The first-order chi connectivity index (χ1) is 39.7. The summed E-state index contributed by atoms with van der Waals surface area (Å²) in [4.78, 5) is 82.8. The first kappa shape index (κ1) is 58.0. The predicted octanol–water partition coefficient (Wildman–Crippen LogP) is 10.7. The summed E-state index contributed by atoms with van der Waals surface area (Å²) in [6.07, 6.45) is 17.3. The SMILES string of the molecule is CN(C)C/C=C/C(=O)Nc1ccc(C(=O)N2CCCC(CNc3ncc(Cl)c(-c4c[nH]c5ccccc45)n3)C2)cc1.CN(C)C/C=C/C(=O)Nc1ccc(NC(=O)N2CCCC(Nc3ncc(Cl)c(-c4c[nH]c5ccccc45)n3)C2)cc1. The molecule has 6 heterocycles. The van der Waals surface area contributed by atoms with Crippen molar-refractivity contribution >= 4 is 97.7 Å². The number of carbonyl (C=O) groups is 4. The number of carbonyl (C=O) groups excluding carboxylic acids is 4. The molecule has 2 saturated heterocycles. The van der Waals surface area contributed by atoms with Gasteiger partial charge in [-0.25, -0.2) is 24.7 Å². The first-order valence-corrected chi connectivity index (χ1v) is 28.0. The number of para-hydroxylation sites is 2. The number of halogens is 2. The van der Waals surface area contributed by atoms with Crippen molar-refractivity contribution in [3.63, 3.8) is 0 Å². The number of hydrogen-bond donors (Lipinski definition) is 7. The molecule has 2 atom stereocenters. The topological polar surface area (TPSA) is 225 Å². The highest BCUT2D eigenvalue weighted by Crippen LogP contribution is 2.34. The molecule has 2 aliphatic rings. The van der Waals surface area contributed by atoms with Gasteiger partial charge < -0.3 is 56.2 Å². The molecule has 424 valence electrons. The molecule has 2 unspecified atom stereocenters. The van der Waals surface area contributed by atoms with Crippen molar-refractivity contribution in [2.75, 3.05) is 101 Å². The van der Waals surface area contributed by atoms with Gasteiger partial charge in [-0.05, 0) is 120 Å². The molecule has 0 spiro atoms. The molecule has 21 heteroatoms. The fourth-order valence-corrected chi connectivity index (χ4v) is 10.1. The summed E-state index contributed by atoms with van der Waals surface area (Å²) < 4.78 is 0. The Kier molecular flexibility index (Phi) is 19.6. The van der Waals surface area contributed by atoms with Gasteiger partial charge in [-0.15, -0.1) is 0 Å². The Bertz CT molecular complexity index is 3560. The molecule has 8 aromatic rings. The van der Waals surface area contributed by atoms with Crippen LogP contribution in [0.2, 0.25) is 10.0 Å². The van der Waals surface area contributed by atoms with E-state index in [1.54, 1.807) is 78.0 Å². The number of nitrogens with one attached hydrogen (secondary N) is 7. The van der Waals surface area contributed by atoms with E-state index in [0.29, 0.717) is 102 Å². The molecule has 82 heavy (non-hydrogen) atoms. The van der Waals surface area contributed by atoms with Crippen molar-refractivity contribution in [2.24, 2.45) is 5.92 Å². The van der Waals surface area contributed by atoms with Gasteiger partial charge in [0.25, 0.3) is 5.91 Å². The number of urea groups is 1. The second kappa shape index (κ2) is 27.7. The second-order valence-corrected chi connectivity index (χ2v) is 21.6. The zero-order valence-electron chi connectivity index (χ0n) is 46.3. The van der Waals surface area contributed by atoms with Gasteiger partial charge in [0.15, 0.2) is 0 Å². The van der Waals surface area contributed by atoms with Gasteiger partial charge in [-0.3, -0.25) is 14.4 Å². The van der Waals surface area contributed by atoms with Gasteiger partial charge in [-0.1, -0.05) is 71.8 Å². The molecule has 2 fully saturated rings. The van der Waals surface area contributed by atoms with E-state index in [9.17, 15) is 19.2 Å². The molecule has 0 saturated carbocycles. The summed E-state index contributed by atoms with van der Waals surface area (Å²) in [7, 11) is 7.75. The van der Waals surface area contributed by atoms with Gasteiger partial charge in [0.1, 0.15) is 0 Å². The third kappa shape index (κ3) is 15.6. The molecule has 2 aliphatic heterocycles. The monoisotopic (exact) mass is 1140 g/mol. The highest BCUT2D eigenvalue weighted by molar-refractivity contribution is 6.33. The largest absolute Gasteiger partial charge is 0.360 e. The molecule has 4 aromatic carbocycles. The van der Waals surface area contributed by atoms with Gasteiger partial charge in [0.2, 0.25) is 23.7 Å².